The number of nitrogens with zero attached hydrogens (tertiary/aromatic N) is 4. The van der Waals surface area contributed by atoms with Crippen LogP contribution < -0.4 is 9.80 Å². The van der Waals surface area contributed by atoms with Crippen molar-refractivity contribution in [1.82, 2.24) is 9.97 Å². The molecule has 0 spiro atoms. The molecule has 2 heterocycles. The predicted octanol–water partition coefficient (Wildman–Crippen LogP) is 0.669. The molecule has 80 valence electrons. The summed E-state index contributed by atoms with van der Waals surface area (Å²) in [7, 11) is 3.76. The lowest BCUT2D eigenvalue weighted by atomic mass is 10.4. The van der Waals surface area contributed by atoms with Crippen LogP contribution in [0.5, 0.6) is 0 Å². The van der Waals surface area contributed by atoms with Crippen molar-refractivity contribution in [2.75, 3.05) is 30.4 Å². The molecule has 5 heteroatoms. The lowest BCUT2D eigenvalue weighted by molar-refractivity contribution is -0.117. The second-order valence-corrected chi connectivity index (χ2v) is 3.76. The van der Waals surface area contributed by atoms with E-state index in [2.05, 4.69) is 9.97 Å². The largest absolute Gasteiger partial charge is 0.347 e. The molecule has 0 bridgehead atoms. The summed E-state index contributed by atoms with van der Waals surface area (Å²) in [6.45, 7) is 0.767. The van der Waals surface area contributed by atoms with Crippen LogP contribution in [-0.2, 0) is 4.79 Å². The van der Waals surface area contributed by atoms with Gasteiger partial charge in [-0.3, -0.25) is 9.69 Å². The Morgan fingerprint density at radius 2 is 2.27 bits per heavy atom. The minimum atomic E-state index is 0.151. The Balaban J connectivity index is 2.28. The van der Waals surface area contributed by atoms with Crippen LogP contribution in [0.15, 0.2) is 12.3 Å². The number of carbonyl (C=O) groups excluding carboxylic acids is 1. The van der Waals surface area contributed by atoms with Gasteiger partial charge in [-0.05, 0) is 12.5 Å². The Morgan fingerprint density at radius 1 is 1.47 bits per heavy atom. The van der Waals surface area contributed by atoms with Gasteiger partial charge in [-0.25, -0.2) is 4.98 Å². The number of aromatic nitrogens is 2. The molecule has 1 aromatic rings. The minimum Gasteiger partial charge on any atom is -0.347 e. The van der Waals surface area contributed by atoms with Gasteiger partial charge < -0.3 is 4.90 Å². The summed E-state index contributed by atoms with van der Waals surface area (Å²) >= 11 is 0. The van der Waals surface area contributed by atoms with Crippen molar-refractivity contribution in [1.29, 1.82) is 0 Å². The maximum Gasteiger partial charge on any atom is 0.228 e. The van der Waals surface area contributed by atoms with E-state index >= 15 is 0 Å². The molecule has 0 saturated carbocycles. The van der Waals surface area contributed by atoms with E-state index in [1.807, 2.05) is 19.0 Å². The first kappa shape index (κ1) is 9.89. The molecule has 0 radical (unpaired) electrons. The molecular weight excluding hydrogens is 192 g/mol. The van der Waals surface area contributed by atoms with E-state index < -0.39 is 0 Å². The summed E-state index contributed by atoms with van der Waals surface area (Å²) in [6, 6.07) is 1.77. The van der Waals surface area contributed by atoms with Gasteiger partial charge in [0.25, 0.3) is 0 Å². The summed E-state index contributed by atoms with van der Waals surface area (Å²) in [5, 5.41) is 0. The topological polar surface area (TPSA) is 49.3 Å². The van der Waals surface area contributed by atoms with Crippen molar-refractivity contribution in [3.8, 4) is 0 Å². The third-order valence-corrected chi connectivity index (χ3v) is 2.38. The summed E-state index contributed by atoms with van der Waals surface area (Å²) in [6.07, 6.45) is 3.23. The van der Waals surface area contributed by atoms with Crippen LogP contribution in [-0.4, -0.2) is 36.5 Å². The van der Waals surface area contributed by atoms with Crippen molar-refractivity contribution in [2.24, 2.45) is 0 Å². The van der Waals surface area contributed by atoms with Crippen LogP contribution >= 0.6 is 0 Å². The van der Waals surface area contributed by atoms with Gasteiger partial charge >= 0.3 is 0 Å². The SMILES string of the molecule is CN(C)c1nccc(N2CCCC2=O)n1. The molecule has 0 aromatic carbocycles. The minimum absolute atomic E-state index is 0.151. The molecule has 1 aliphatic heterocycles. The van der Waals surface area contributed by atoms with Crippen molar-refractivity contribution >= 4 is 17.7 Å². The molecule has 1 aliphatic rings. The average molecular weight is 206 g/mol. The highest BCUT2D eigenvalue weighted by atomic mass is 16.2. The third kappa shape index (κ3) is 1.91. The Hall–Kier alpha value is -1.65. The van der Waals surface area contributed by atoms with E-state index in [-0.39, 0.29) is 5.91 Å². The first-order valence-electron chi connectivity index (χ1n) is 4.99. The van der Waals surface area contributed by atoms with Gasteiger partial charge in [-0.1, -0.05) is 0 Å². The fraction of sp³-hybridized carbons (Fsp3) is 0.500. The molecule has 1 aromatic heterocycles. The first-order chi connectivity index (χ1) is 7.18. The van der Waals surface area contributed by atoms with E-state index in [1.165, 1.54) is 0 Å². The lowest BCUT2D eigenvalue weighted by Gasteiger charge is -2.16. The molecule has 15 heavy (non-hydrogen) atoms. The average Bonchev–Trinajstić information content (AvgIpc) is 2.64. The number of anilines is 2. The van der Waals surface area contributed by atoms with E-state index in [0.29, 0.717) is 18.2 Å². The zero-order chi connectivity index (χ0) is 10.8. The smallest absolute Gasteiger partial charge is 0.228 e. The molecule has 0 N–H and O–H groups in total. The number of hydrogen-bond acceptors (Lipinski definition) is 4. The maximum atomic E-state index is 11.5. The van der Waals surface area contributed by atoms with Crippen LogP contribution in [0, 0.1) is 0 Å². The monoisotopic (exact) mass is 206 g/mol. The Morgan fingerprint density at radius 3 is 2.87 bits per heavy atom. The van der Waals surface area contributed by atoms with E-state index in [4.69, 9.17) is 0 Å². The fourth-order valence-corrected chi connectivity index (χ4v) is 1.60. The van der Waals surface area contributed by atoms with Crippen LogP contribution in [0.1, 0.15) is 12.8 Å². The summed E-state index contributed by atoms with van der Waals surface area (Å²) in [5.74, 6) is 1.49. The summed E-state index contributed by atoms with van der Waals surface area (Å²) in [5.41, 5.74) is 0. The van der Waals surface area contributed by atoms with E-state index in [9.17, 15) is 4.79 Å². The molecule has 1 amide bonds. The summed E-state index contributed by atoms with van der Waals surface area (Å²) < 4.78 is 0. The molecule has 1 fully saturated rings. The molecule has 1 saturated heterocycles. The van der Waals surface area contributed by atoms with Crippen LogP contribution in [0.25, 0.3) is 0 Å². The molecule has 2 rings (SSSR count). The van der Waals surface area contributed by atoms with Crippen molar-refractivity contribution in [3.63, 3.8) is 0 Å². The maximum absolute atomic E-state index is 11.5. The number of amides is 1. The van der Waals surface area contributed by atoms with Gasteiger partial charge in [0.15, 0.2) is 0 Å². The van der Waals surface area contributed by atoms with Gasteiger partial charge in [0.1, 0.15) is 5.82 Å². The van der Waals surface area contributed by atoms with Crippen LogP contribution in [0.4, 0.5) is 11.8 Å². The second kappa shape index (κ2) is 3.84. The standard InChI is InChI=1S/C10H14N4O/c1-13(2)10-11-6-5-8(12-10)14-7-3-4-9(14)15/h5-6H,3-4,7H2,1-2H3. The Kier molecular flexibility index (Phi) is 2.53. The quantitative estimate of drug-likeness (QED) is 0.713. The van der Waals surface area contributed by atoms with Crippen molar-refractivity contribution in [3.05, 3.63) is 12.3 Å². The molecule has 5 nitrogen and oxygen atoms in total. The number of carbonyl (C=O) groups is 1. The summed E-state index contributed by atoms with van der Waals surface area (Å²) in [4.78, 5) is 23.5. The first-order valence-corrected chi connectivity index (χ1v) is 4.99. The van der Waals surface area contributed by atoms with Crippen molar-refractivity contribution < 1.29 is 4.79 Å². The van der Waals surface area contributed by atoms with E-state index in [1.54, 1.807) is 17.2 Å². The highest BCUT2D eigenvalue weighted by Gasteiger charge is 2.23. The van der Waals surface area contributed by atoms with Gasteiger partial charge in [-0.2, -0.15) is 4.98 Å². The normalized spacial score (nSPS) is 15.9. The van der Waals surface area contributed by atoms with Crippen LogP contribution in [0.3, 0.4) is 0 Å². The molecule has 0 aliphatic carbocycles. The molecular formula is C10H14N4O. The third-order valence-electron chi connectivity index (χ3n) is 2.38. The number of rotatable bonds is 2. The number of hydrogen-bond donors (Lipinski definition) is 0. The highest BCUT2D eigenvalue weighted by molar-refractivity contribution is 5.94. The van der Waals surface area contributed by atoms with Crippen molar-refractivity contribution in [2.45, 2.75) is 12.8 Å². The lowest BCUT2D eigenvalue weighted by Crippen LogP contribution is -2.25. The van der Waals surface area contributed by atoms with E-state index in [0.717, 1.165) is 13.0 Å². The van der Waals surface area contributed by atoms with Gasteiger partial charge in [0.05, 0.1) is 0 Å². The fourth-order valence-electron chi connectivity index (χ4n) is 1.60. The predicted molar refractivity (Wildman–Crippen MR) is 57.9 cm³/mol. The van der Waals surface area contributed by atoms with Gasteiger partial charge in [0.2, 0.25) is 11.9 Å². The van der Waals surface area contributed by atoms with Gasteiger partial charge in [0, 0.05) is 33.3 Å². The highest BCUT2D eigenvalue weighted by Crippen LogP contribution is 2.19. The zero-order valence-electron chi connectivity index (χ0n) is 8.97. The second-order valence-electron chi connectivity index (χ2n) is 3.76. The van der Waals surface area contributed by atoms with Crippen LogP contribution in [0.2, 0.25) is 0 Å². The van der Waals surface area contributed by atoms with Gasteiger partial charge in [-0.15, -0.1) is 0 Å². The Bertz CT molecular complexity index is 377. The zero-order valence-corrected chi connectivity index (χ0v) is 8.97. The Labute approximate surface area is 88.7 Å². The molecule has 0 unspecified atom stereocenters. The molecule has 0 atom stereocenters.